The molecule has 1 atom stereocenters. The smallest absolute Gasteiger partial charge is 0.252 e. The summed E-state index contributed by atoms with van der Waals surface area (Å²) in [5.74, 6) is 0.727. The highest BCUT2D eigenvalue weighted by Crippen LogP contribution is 2.21. The Hall–Kier alpha value is -0.580. The maximum Gasteiger partial charge on any atom is 0.252 e. The monoisotopic (exact) mass is 386 g/mol. The summed E-state index contributed by atoms with van der Waals surface area (Å²) >= 11 is 9.42. The Morgan fingerprint density at radius 3 is 3.05 bits per heavy atom. The first-order valence-corrected chi connectivity index (χ1v) is 9.19. The summed E-state index contributed by atoms with van der Waals surface area (Å²) in [6.45, 7) is 6.61. The number of piperidine rings is 1. The first-order valence-electron chi connectivity index (χ1n) is 8.02. The van der Waals surface area contributed by atoms with Crippen LogP contribution in [0.25, 0.3) is 0 Å². The Morgan fingerprint density at radius 1 is 1.45 bits per heavy atom. The third-order valence-corrected chi connectivity index (χ3v) is 4.92. The van der Waals surface area contributed by atoms with Crippen LogP contribution in [0, 0.1) is 5.92 Å². The Labute approximate surface area is 146 Å². The number of carbonyl (C=O) groups excluding carboxylic acids is 1. The molecule has 0 aromatic heterocycles. The fourth-order valence-corrected chi connectivity index (χ4v) is 3.48. The van der Waals surface area contributed by atoms with E-state index < -0.39 is 0 Å². The van der Waals surface area contributed by atoms with Crippen LogP contribution in [0.1, 0.15) is 43.0 Å². The van der Waals surface area contributed by atoms with Crippen molar-refractivity contribution in [2.75, 3.05) is 26.2 Å². The molecule has 0 unspecified atom stereocenters. The summed E-state index contributed by atoms with van der Waals surface area (Å²) in [4.78, 5) is 14.6. The molecular formula is C17H24BrClN2O. The highest BCUT2D eigenvalue weighted by Gasteiger charge is 2.15. The van der Waals surface area contributed by atoms with Crippen molar-refractivity contribution in [1.82, 2.24) is 10.2 Å². The largest absolute Gasteiger partial charge is 0.352 e. The zero-order valence-corrected chi connectivity index (χ0v) is 15.4. The average Bonchev–Trinajstić information content (AvgIpc) is 2.49. The number of hydrogen-bond acceptors (Lipinski definition) is 2. The Balaban J connectivity index is 1.66. The van der Waals surface area contributed by atoms with Crippen molar-refractivity contribution < 1.29 is 4.79 Å². The van der Waals surface area contributed by atoms with E-state index in [9.17, 15) is 4.79 Å². The fourth-order valence-electron chi connectivity index (χ4n) is 2.92. The zero-order valence-electron chi connectivity index (χ0n) is 13.1. The average molecular weight is 388 g/mol. The topological polar surface area (TPSA) is 32.3 Å². The molecule has 0 spiro atoms. The molecule has 1 aromatic carbocycles. The van der Waals surface area contributed by atoms with Gasteiger partial charge >= 0.3 is 0 Å². The lowest BCUT2D eigenvalue weighted by atomic mass is 10.0. The van der Waals surface area contributed by atoms with Gasteiger partial charge in [-0.25, -0.2) is 0 Å². The normalized spacial score (nSPS) is 19.1. The van der Waals surface area contributed by atoms with Crippen LogP contribution < -0.4 is 5.32 Å². The van der Waals surface area contributed by atoms with Gasteiger partial charge in [-0.1, -0.05) is 34.5 Å². The van der Waals surface area contributed by atoms with Gasteiger partial charge in [-0.05, 0) is 62.9 Å². The van der Waals surface area contributed by atoms with Crippen LogP contribution in [-0.4, -0.2) is 37.0 Å². The van der Waals surface area contributed by atoms with E-state index in [0.717, 1.165) is 29.8 Å². The van der Waals surface area contributed by atoms with E-state index in [4.69, 9.17) is 11.6 Å². The van der Waals surface area contributed by atoms with Gasteiger partial charge < -0.3 is 10.2 Å². The third kappa shape index (κ3) is 5.56. The molecule has 0 saturated carbocycles. The zero-order chi connectivity index (χ0) is 15.9. The summed E-state index contributed by atoms with van der Waals surface area (Å²) in [7, 11) is 0. The molecule has 0 radical (unpaired) electrons. The molecule has 22 heavy (non-hydrogen) atoms. The van der Waals surface area contributed by atoms with E-state index in [2.05, 4.69) is 33.1 Å². The number of amides is 1. The summed E-state index contributed by atoms with van der Waals surface area (Å²) < 4.78 is 0.862. The molecule has 0 aliphatic carbocycles. The number of likely N-dealkylation sites (tertiary alicyclic amines) is 1. The molecule has 1 saturated heterocycles. The van der Waals surface area contributed by atoms with E-state index in [1.165, 1.54) is 25.9 Å². The van der Waals surface area contributed by atoms with Gasteiger partial charge in [-0.3, -0.25) is 4.79 Å². The predicted molar refractivity (Wildman–Crippen MR) is 95.6 cm³/mol. The number of rotatable bonds is 6. The van der Waals surface area contributed by atoms with Crippen LogP contribution in [0.2, 0.25) is 5.02 Å². The van der Waals surface area contributed by atoms with E-state index in [1.54, 1.807) is 12.1 Å². The number of carbonyl (C=O) groups is 1. The van der Waals surface area contributed by atoms with Crippen LogP contribution in [0.4, 0.5) is 0 Å². The van der Waals surface area contributed by atoms with E-state index in [1.807, 2.05) is 6.07 Å². The molecule has 1 heterocycles. The van der Waals surface area contributed by atoms with Gasteiger partial charge in [-0.2, -0.15) is 0 Å². The van der Waals surface area contributed by atoms with Gasteiger partial charge in [0.25, 0.3) is 5.91 Å². The SMILES string of the molecule is C[C@H]1CCCN(CCCCNC(=O)c2cc(Br)ccc2Cl)C1. The Morgan fingerprint density at radius 2 is 2.27 bits per heavy atom. The minimum Gasteiger partial charge on any atom is -0.352 e. The molecular weight excluding hydrogens is 364 g/mol. The number of hydrogen-bond donors (Lipinski definition) is 1. The summed E-state index contributed by atoms with van der Waals surface area (Å²) in [5.41, 5.74) is 0.529. The summed E-state index contributed by atoms with van der Waals surface area (Å²) in [5, 5.41) is 3.44. The molecule has 0 bridgehead atoms. The number of unbranched alkanes of at least 4 members (excludes halogenated alkanes) is 1. The quantitative estimate of drug-likeness (QED) is 0.736. The molecule has 1 aromatic rings. The Bertz CT molecular complexity index is 509. The van der Waals surface area contributed by atoms with Gasteiger partial charge in [0.1, 0.15) is 0 Å². The number of nitrogens with one attached hydrogen (secondary N) is 1. The maximum absolute atomic E-state index is 12.1. The molecule has 5 heteroatoms. The number of nitrogens with zero attached hydrogens (tertiary/aromatic N) is 1. The van der Waals surface area contributed by atoms with Crippen molar-refractivity contribution in [3.05, 3.63) is 33.3 Å². The van der Waals surface area contributed by atoms with Crippen LogP contribution in [0.15, 0.2) is 22.7 Å². The maximum atomic E-state index is 12.1. The van der Waals surface area contributed by atoms with Gasteiger partial charge in [0.15, 0.2) is 0 Å². The fraction of sp³-hybridized carbons (Fsp3) is 0.588. The van der Waals surface area contributed by atoms with Crippen LogP contribution in [0.3, 0.4) is 0 Å². The van der Waals surface area contributed by atoms with E-state index in [0.29, 0.717) is 17.1 Å². The van der Waals surface area contributed by atoms with Crippen molar-refractivity contribution in [2.45, 2.75) is 32.6 Å². The van der Waals surface area contributed by atoms with Crippen molar-refractivity contribution in [3.63, 3.8) is 0 Å². The predicted octanol–water partition coefficient (Wildman–Crippen LogP) is 4.34. The lowest BCUT2D eigenvalue weighted by Gasteiger charge is -2.30. The minimum atomic E-state index is -0.0992. The minimum absolute atomic E-state index is 0.0992. The second kappa shape index (κ2) is 8.90. The van der Waals surface area contributed by atoms with Crippen molar-refractivity contribution in [2.24, 2.45) is 5.92 Å². The highest BCUT2D eigenvalue weighted by molar-refractivity contribution is 9.10. The molecule has 2 rings (SSSR count). The second-order valence-electron chi connectivity index (χ2n) is 6.14. The molecule has 1 N–H and O–H groups in total. The second-order valence-corrected chi connectivity index (χ2v) is 7.46. The number of halogens is 2. The standard InChI is InChI=1S/C17H24BrClN2O/c1-13-5-4-10-21(12-13)9-3-2-8-20-17(22)15-11-14(18)6-7-16(15)19/h6-7,11,13H,2-5,8-10,12H2,1H3,(H,20,22)/t13-/m0/s1. The molecule has 3 nitrogen and oxygen atoms in total. The molecule has 122 valence electrons. The van der Waals surface area contributed by atoms with Gasteiger partial charge in [0.2, 0.25) is 0 Å². The van der Waals surface area contributed by atoms with Crippen LogP contribution >= 0.6 is 27.5 Å². The highest BCUT2D eigenvalue weighted by atomic mass is 79.9. The summed E-state index contributed by atoms with van der Waals surface area (Å²) in [6.07, 6.45) is 4.81. The van der Waals surface area contributed by atoms with E-state index in [-0.39, 0.29) is 5.91 Å². The first-order chi connectivity index (χ1) is 10.6. The van der Waals surface area contributed by atoms with Gasteiger partial charge in [0.05, 0.1) is 10.6 Å². The van der Waals surface area contributed by atoms with Crippen LogP contribution in [-0.2, 0) is 0 Å². The summed E-state index contributed by atoms with van der Waals surface area (Å²) in [6, 6.07) is 5.32. The van der Waals surface area contributed by atoms with Gasteiger partial charge in [-0.15, -0.1) is 0 Å². The van der Waals surface area contributed by atoms with E-state index >= 15 is 0 Å². The number of benzene rings is 1. The van der Waals surface area contributed by atoms with Gasteiger partial charge in [0, 0.05) is 17.6 Å². The molecule has 1 aliphatic heterocycles. The molecule has 1 amide bonds. The first kappa shape index (κ1) is 17.8. The molecule has 1 aliphatic rings. The lowest BCUT2D eigenvalue weighted by Crippen LogP contribution is -2.35. The molecule has 1 fully saturated rings. The van der Waals surface area contributed by atoms with Crippen molar-refractivity contribution in [1.29, 1.82) is 0 Å². The lowest BCUT2D eigenvalue weighted by molar-refractivity contribution is 0.0952. The van der Waals surface area contributed by atoms with Crippen molar-refractivity contribution >= 4 is 33.4 Å². The van der Waals surface area contributed by atoms with Crippen molar-refractivity contribution in [3.8, 4) is 0 Å². The van der Waals surface area contributed by atoms with Crippen LogP contribution in [0.5, 0.6) is 0 Å². The third-order valence-electron chi connectivity index (χ3n) is 4.10. The Kier molecular flexibility index (Phi) is 7.19.